The van der Waals surface area contributed by atoms with Crippen LogP contribution in [0.3, 0.4) is 0 Å². The Kier molecular flexibility index (Phi) is 4.50. The molecule has 2 N–H and O–H groups in total. The second-order valence-electron chi connectivity index (χ2n) is 4.82. The lowest BCUT2D eigenvalue weighted by Crippen LogP contribution is -2.34. The molecule has 2 unspecified atom stereocenters. The summed E-state index contributed by atoms with van der Waals surface area (Å²) in [6.45, 7) is 2.97. The number of benzene rings is 1. The average Bonchev–Trinajstić information content (AvgIpc) is 2.86. The zero-order valence-electron chi connectivity index (χ0n) is 10.9. The molecule has 4 nitrogen and oxygen atoms in total. The zero-order chi connectivity index (χ0) is 13.8. The largest absolute Gasteiger partial charge is 0.480 e. The number of halogens is 1. The first-order valence-corrected chi connectivity index (χ1v) is 6.42. The molecule has 1 aromatic rings. The molecule has 19 heavy (non-hydrogen) atoms. The molecule has 1 aromatic carbocycles. The number of carboxylic acids is 1. The lowest BCUT2D eigenvalue weighted by molar-refractivity contribution is -0.139. The Morgan fingerprint density at radius 2 is 2.42 bits per heavy atom. The third kappa shape index (κ3) is 3.52. The Hall–Kier alpha value is -1.46. The van der Waals surface area contributed by atoms with Crippen molar-refractivity contribution in [2.45, 2.75) is 31.9 Å². The standard InChI is InChI=1S/C14H18FNO3/c1-9-4-5-10(15)7-12(9)13(14(17)18)16-8-11-3-2-6-19-11/h4-5,7,11,13,16H,2-3,6,8H2,1H3,(H,17,18). The molecule has 0 spiro atoms. The maximum atomic E-state index is 13.3. The molecule has 0 radical (unpaired) electrons. The van der Waals surface area contributed by atoms with Gasteiger partial charge in [0.2, 0.25) is 0 Å². The van der Waals surface area contributed by atoms with Gasteiger partial charge < -0.3 is 9.84 Å². The van der Waals surface area contributed by atoms with E-state index in [1.165, 1.54) is 12.1 Å². The van der Waals surface area contributed by atoms with Crippen molar-refractivity contribution in [3.05, 3.63) is 35.1 Å². The molecule has 1 aliphatic heterocycles. The van der Waals surface area contributed by atoms with Crippen LogP contribution < -0.4 is 5.32 Å². The van der Waals surface area contributed by atoms with Gasteiger partial charge in [0.15, 0.2) is 0 Å². The number of ether oxygens (including phenoxy) is 1. The zero-order valence-corrected chi connectivity index (χ0v) is 10.9. The maximum Gasteiger partial charge on any atom is 0.325 e. The number of rotatable bonds is 5. The number of nitrogens with one attached hydrogen (secondary N) is 1. The highest BCUT2D eigenvalue weighted by atomic mass is 19.1. The summed E-state index contributed by atoms with van der Waals surface area (Å²) >= 11 is 0. The average molecular weight is 267 g/mol. The summed E-state index contributed by atoms with van der Waals surface area (Å²) in [6, 6.07) is 3.29. The van der Waals surface area contributed by atoms with E-state index in [9.17, 15) is 14.3 Å². The molecule has 0 saturated carbocycles. The smallest absolute Gasteiger partial charge is 0.325 e. The summed E-state index contributed by atoms with van der Waals surface area (Å²) in [5.74, 6) is -1.43. The fraction of sp³-hybridized carbons (Fsp3) is 0.500. The normalized spacial score (nSPS) is 20.4. The molecule has 0 bridgehead atoms. The van der Waals surface area contributed by atoms with E-state index in [-0.39, 0.29) is 6.10 Å². The Balaban J connectivity index is 2.10. The minimum Gasteiger partial charge on any atom is -0.480 e. The van der Waals surface area contributed by atoms with Gasteiger partial charge in [0.1, 0.15) is 11.9 Å². The Labute approximate surface area is 111 Å². The SMILES string of the molecule is Cc1ccc(F)cc1C(NCC1CCCO1)C(=O)O. The van der Waals surface area contributed by atoms with Gasteiger partial charge in [0.25, 0.3) is 0 Å². The van der Waals surface area contributed by atoms with Gasteiger partial charge in [-0.2, -0.15) is 0 Å². The Morgan fingerprint density at radius 1 is 1.63 bits per heavy atom. The molecule has 2 atom stereocenters. The molecule has 0 aromatic heterocycles. The van der Waals surface area contributed by atoms with Crippen LogP contribution in [0.25, 0.3) is 0 Å². The minimum absolute atomic E-state index is 0.0516. The number of carbonyl (C=O) groups is 1. The summed E-state index contributed by atoms with van der Waals surface area (Å²) in [5, 5.41) is 12.2. The molecule has 104 valence electrons. The number of hydrogen-bond donors (Lipinski definition) is 2. The Bertz CT molecular complexity index is 458. The van der Waals surface area contributed by atoms with Crippen molar-refractivity contribution in [1.82, 2.24) is 5.32 Å². The van der Waals surface area contributed by atoms with E-state index in [2.05, 4.69) is 5.32 Å². The second kappa shape index (κ2) is 6.12. The van der Waals surface area contributed by atoms with Crippen LogP contribution >= 0.6 is 0 Å². The van der Waals surface area contributed by atoms with Gasteiger partial charge in [-0.05, 0) is 43.0 Å². The van der Waals surface area contributed by atoms with Crippen molar-refractivity contribution in [3.8, 4) is 0 Å². The molecule has 0 aliphatic carbocycles. The van der Waals surface area contributed by atoms with Gasteiger partial charge in [-0.15, -0.1) is 0 Å². The second-order valence-corrected chi connectivity index (χ2v) is 4.82. The van der Waals surface area contributed by atoms with Gasteiger partial charge in [0, 0.05) is 13.2 Å². The lowest BCUT2D eigenvalue weighted by atomic mass is 10.0. The maximum absolute atomic E-state index is 13.3. The number of hydrogen-bond acceptors (Lipinski definition) is 3. The van der Waals surface area contributed by atoms with Crippen molar-refractivity contribution in [3.63, 3.8) is 0 Å². The quantitative estimate of drug-likeness (QED) is 0.857. The van der Waals surface area contributed by atoms with Crippen LogP contribution in [0.15, 0.2) is 18.2 Å². The highest BCUT2D eigenvalue weighted by Gasteiger charge is 2.24. The molecule has 1 heterocycles. The fourth-order valence-corrected chi connectivity index (χ4v) is 2.31. The summed E-state index contributed by atoms with van der Waals surface area (Å²) in [6.07, 6.45) is 1.99. The van der Waals surface area contributed by atoms with Crippen LogP contribution in [0.5, 0.6) is 0 Å². The molecule has 1 fully saturated rings. The van der Waals surface area contributed by atoms with Gasteiger partial charge >= 0.3 is 5.97 Å². The van der Waals surface area contributed by atoms with Gasteiger partial charge in [0.05, 0.1) is 6.10 Å². The highest BCUT2D eigenvalue weighted by molar-refractivity contribution is 5.76. The molecule has 1 saturated heterocycles. The molecular formula is C14H18FNO3. The number of aryl methyl sites for hydroxylation is 1. The first-order valence-electron chi connectivity index (χ1n) is 6.42. The highest BCUT2D eigenvalue weighted by Crippen LogP contribution is 2.20. The van der Waals surface area contributed by atoms with Gasteiger partial charge in [-0.25, -0.2) is 4.39 Å². The van der Waals surface area contributed by atoms with E-state index >= 15 is 0 Å². The van der Waals surface area contributed by atoms with Crippen molar-refractivity contribution in [2.75, 3.05) is 13.2 Å². The van der Waals surface area contributed by atoms with Crippen molar-refractivity contribution >= 4 is 5.97 Å². The van der Waals surface area contributed by atoms with Crippen LogP contribution in [0.4, 0.5) is 4.39 Å². The first kappa shape index (κ1) is 14.0. The molecule has 2 rings (SSSR count). The van der Waals surface area contributed by atoms with Crippen LogP contribution in [-0.4, -0.2) is 30.3 Å². The summed E-state index contributed by atoms with van der Waals surface area (Å²) in [5.41, 5.74) is 1.22. The van der Waals surface area contributed by atoms with Crippen molar-refractivity contribution < 1.29 is 19.0 Å². The van der Waals surface area contributed by atoms with Crippen LogP contribution in [0.2, 0.25) is 0 Å². The minimum atomic E-state index is -1.01. The van der Waals surface area contributed by atoms with Gasteiger partial charge in [-0.3, -0.25) is 10.1 Å². The van der Waals surface area contributed by atoms with E-state index < -0.39 is 17.8 Å². The van der Waals surface area contributed by atoms with E-state index in [4.69, 9.17) is 4.74 Å². The Morgan fingerprint density at radius 3 is 3.05 bits per heavy atom. The number of aliphatic carboxylic acids is 1. The summed E-state index contributed by atoms with van der Waals surface area (Å²) in [4.78, 5) is 11.3. The van der Waals surface area contributed by atoms with E-state index in [0.717, 1.165) is 25.0 Å². The third-order valence-electron chi connectivity index (χ3n) is 3.37. The molecule has 1 aliphatic rings. The number of carboxylic acid groups (broad SMARTS) is 1. The van der Waals surface area contributed by atoms with E-state index in [1.807, 2.05) is 0 Å². The lowest BCUT2D eigenvalue weighted by Gasteiger charge is -2.19. The summed E-state index contributed by atoms with van der Waals surface area (Å²) < 4.78 is 18.7. The van der Waals surface area contributed by atoms with Crippen LogP contribution in [0, 0.1) is 12.7 Å². The third-order valence-corrected chi connectivity index (χ3v) is 3.37. The van der Waals surface area contributed by atoms with Crippen LogP contribution in [0.1, 0.15) is 30.0 Å². The van der Waals surface area contributed by atoms with Crippen LogP contribution in [-0.2, 0) is 9.53 Å². The fourth-order valence-electron chi connectivity index (χ4n) is 2.31. The van der Waals surface area contributed by atoms with E-state index in [0.29, 0.717) is 12.1 Å². The molecule has 5 heteroatoms. The topological polar surface area (TPSA) is 58.6 Å². The predicted octanol–water partition coefficient (Wildman–Crippen LogP) is 2.03. The summed E-state index contributed by atoms with van der Waals surface area (Å²) in [7, 11) is 0. The molecule has 0 amide bonds. The van der Waals surface area contributed by atoms with Gasteiger partial charge in [-0.1, -0.05) is 6.07 Å². The van der Waals surface area contributed by atoms with E-state index in [1.54, 1.807) is 13.0 Å². The monoisotopic (exact) mass is 267 g/mol. The first-order chi connectivity index (χ1) is 9.08. The molecular weight excluding hydrogens is 249 g/mol. The predicted molar refractivity (Wildman–Crippen MR) is 68.5 cm³/mol. The van der Waals surface area contributed by atoms with Crippen molar-refractivity contribution in [2.24, 2.45) is 0 Å². The van der Waals surface area contributed by atoms with Crippen molar-refractivity contribution in [1.29, 1.82) is 0 Å².